The first kappa shape index (κ1) is 27.4. The van der Waals surface area contributed by atoms with Crippen LogP contribution in [0.15, 0.2) is 48.5 Å². The van der Waals surface area contributed by atoms with Crippen LogP contribution in [0, 0.1) is 0 Å². The maximum Gasteiger partial charge on any atom is 0.355 e. The molecule has 0 fully saturated rings. The van der Waals surface area contributed by atoms with Gasteiger partial charge in [0.1, 0.15) is 5.75 Å². The molecule has 0 radical (unpaired) electrons. The summed E-state index contributed by atoms with van der Waals surface area (Å²) < 4.78 is 0. The zero-order valence-electron chi connectivity index (χ0n) is 20.6. The summed E-state index contributed by atoms with van der Waals surface area (Å²) in [4.78, 5) is 34.2. The van der Waals surface area contributed by atoms with Gasteiger partial charge in [0.2, 0.25) is 0 Å². The van der Waals surface area contributed by atoms with E-state index in [1.54, 1.807) is 24.3 Å². The number of phenols is 1. The van der Waals surface area contributed by atoms with Crippen LogP contribution < -0.4 is 4.89 Å². The Kier molecular flexibility index (Phi) is 13.5. The van der Waals surface area contributed by atoms with Crippen molar-refractivity contribution in [2.45, 2.75) is 96.8 Å². The lowest BCUT2D eigenvalue weighted by Crippen LogP contribution is -2.08. The van der Waals surface area contributed by atoms with Gasteiger partial charge in [-0.3, -0.25) is 14.6 Å². The van der Waals surface area contributed by atoms with Crippen LogP contribution in [-0.4, -0.2) is 16.9 Å². The summed E-state index contributed by atoms with van der Waals surface area (Å²) in [6.45, 7) is 2.25. The minimum atomic E-state index is -0.438. The third kappa shape index (κ3) is 10.9. The molecule has 0 aliphatic rings. The number of benzene rings is 2. The van der Waals surface area contributed by atoms with Crippen LogP contribution in [0.3, 0.4) is 0 Å². The fourth-order valence-corrected chi connectivity index (χ4v) is 3.92. The van der Waals surface area contributed by atoms with Gasteiger partial charge < -0.3 is 5.11 Å². The van der Waals surface area contributed by atoms with E-state index in [1.807, 2.05) is 6.07 Å². The first-order chi connectivity index (χ1) is 16.6. The number of carbonyl (C=O) groups excluding carboxylic acids is 2. The van der Waals surface area contributed by atoms with Crippen LogP contribution in [0.1, 0.15) is 113 Å². The second kappa shape index (κ2) is 16.7. The molecule has 34 heavy (non-hydrogen) atoms. The first-order valence-corrected chi connectivity index (χ1v) is 12.9. The van der Waals surface area contributed by atoms with Crippen molar-refractivity contribution in [2.75, 3.05) is 0 Å². The number of carbonyl (C=O) groups is 2. The molecule has 0 bridgehead atoms. The largest absolute Gasteiger partial charge is 0.507 e. The number of hydrogen-bond donors (Lipinski definition) is 1. The van der Waals surface area contributed by atoms with Crippen LogP contribution in [0.5, 0.6) is 11.5 Å². The molecule has 0 amide bonds. The van der Waals surface area contributed by atoms with Crippen molar-refractivity contribution in [2.24, 2.45) is 0 Å². The number of unbranched alkanes of at least 4 members (excludes halogenated alkanes) is 12. The summed E-state index contributed by atoms with van der Waals surface area (Å²) in [5, 5.41) is 10.2. The fraction of sp³-hybridized carbons (Fsp3) is 0.517. The van der Waals surface area contributed by atoms with E-state index in [0.29, 0.717) is 12.0 Å². The van der Waals surface area contributed by atoms with Crippen LogP contribution in [-0.2, 0) is 9.68 Å². The van der Waals surface area contributed by atoms with Crippen LogP contribution in [0.2, 0.25) is 0 Å². The van der Waals surface area contributed by atoms with Gasteiger partial charge in [0.15, 0.2) is 11.5 Å². The SMILES string of the molecule is CCCCCCCCCCCCCCCC(=O)OOc1ccc(C(=O)c2ccccc2)c(O)c1. The van der Waals surface area contributed by atoms with Crippen molar-refractivity contribution >= 4 is 11.8 Å². The van der Waals surface area contributed by atoms with E-state index in [0.717, 1.165) is 19.3 Å². The smallest absolute Gasteiger partial charge is 0.355 e. The summed E-state index contributed by atoms with van der Waals surface area (Å²) in [5.41, 5.74) is 0.646. The van der Waals surface area contributed by atoms with Crippen molar-refractivity contribution in [1.82, 2.24) is 0 Å². The monoisotopic (exact) mass is 468 g/mol. The molecule has 0 aliphatic carbocycles. The summed E-state index contributed by atoms with van der Waals surface area (Å²) in [6.07, 6.45) is 16.5. The van der Waals surface area contributed by atoms with E-state index in [-0.39, 0.29) is 22.8 Å². The van der Waals surface area contributed by atoms with E-state index in [4.69, 9.17) is 9.78 Å². The first-order valence-electron chi connectivity index (χ1n) is 12.9. The van der Waals surface area contributed by atoms with Crippen LogP contribution >= 0.6 is 0 Å². The Labute approximate surface area is 204 Å². The molecule has 0 atom stereocenters. The van der Waals surface area contributed by atoms with Gasteiger partial charge in [-0.25, -0.2) is 4.79 Å². The van der Waals surface area contributed by atoms with E-state index in [1.165, 1.54) is 82.4 Å². The lowest BCUT2D eigenvalue weighted by atomic mass is 10.0. The van der Waals surface area contributed by atoms with Crippen LogP contribution in [0.25, 0.3) is 0 Å². The van der Waals surface area contributed by atoms with Gasteiger partial charge in [0.25, 0.3) is 0 Å². The molecular weight excluding hydrogens is 428 g/mol. The van der Waals surface area contributed by atoms with Gasteiger partial charge in [-0.1, -0.05) is 114 Å². The average Bonchev–Trinajstić information content (AvgIpc) is 2.85. The zero-order chi connectivity index (χ0) is 24.4. The highest BCUT2D eigenvalue weighted by atomic mass is 17.2. The molecule has 2 aromatic rings. The normalized spacial score (nSPS) is 10.7. The molecule has 0 saturated carbocycles. The van der Waals surface area contributed by atoms with Crippen molar-refractivity contribution in [3.8, 4) is 11.5 Å². The molecule has 0 spiro atoms. The molecule has 0 aliphatic heterocycles. The van der Waals surface area contributed by atoms with E-state index >= 15 is 0 Å². The molecule has 0 heterocycles. The highest BCUT2D eigenvalue weighted by Gasteiger charge is 2.15. The summed E-state index contributed by atoms with van der Waals surface area (Å²) in [6, 6.07) is 12.9. The lowest BCUT2D eigenvalue weighted by molar-refractivity contribution is -0.213. The molecule has 0 aromatic heterocycles. The molecule has 5 nitrogen and oxygen atoms in total. The van der Waals surface area contributed by atoms with E-state index < -0.39 is 5.97 Å². The molecular formula is C29H40O5. The number of rotatable bonds is 18. The van der Waals surface area contributed by atoms with Crippen molar-refractivity contribution in [3.63, 3.8) is 0 Å². The zero-order valence-corrected chi connectivity index (χ0v) is 20.6. The summed E-state index contributed by atoms with van der Waals surface area (Å²) in [5.74, 6) is -0.782. The Morgan fingerprint density at radius 1 is 0.735 bits per heavy atom. The third-order valence-electron chi connectivity index (χ3n) is 5.97. The van der Waals surface area contributed by atoms with Crippen molar-refractivity contribution in [3.05, 3.63) is 59.7 Å². The average molecular weight is 469 g/mol. The standard InChI is InChI=1S/C29H40O5/c1-2-3-4-5-6-7-8-9-10-11-12-13-17-20-28(31)34-33-25-21-22-26(27(30)23-25)29(32)24-18-15-14-16-19-24/h14-16,18-19,21-23,30H,2-13,17,20H2,1H3. The highest BCUT2D eigenvalue weighted by molar-refractivity contribution is 6.10. The second-order valence-electron chi connectivity index (χ2n) is 8.91. The quantitative estimate of drug-likeness (QED) is 0.104. The Balaban J connectivity index is 1.53. The molecule has 5 heteroatoms. The lowest BCUT2D eigenvalue weighted by Gasteiger charge is -2.08. The van der Waals surface area contributed by atoms with Gasteiger partial charge in [0, 0.05) is 11.6 Å². The summed E-state index contributed by atoms with van der Waals surface area (Å²) >= 11 is 0. The molecule has 0 saturated heterocycles. The fourth-order valence-electron chi connectivity index (χ4n) is 3.92. The van der Waals surface area contributed by atoms with E-state index in [2.05, 4.69) is 6.92 Å². The topological polar surface area (TPSA) is 72.8 Å². The number of phenolic OH excluding ortho intramolecular Hbond substituents is 1. The number of ketones is 1. The van der Waals surface area contributed by atoms with Gasteiger partial charge in [-0.05, 0) is 18.6 Å². The Hall–Kier alpha value is -2.82. The van der Waals surface area contributed by atoms with Gasteiger partial charge in [-0.2, -0.15) is 0 Å². The van der Waals surface area contributed by atoms with Crippen molar-refractivity contribution < 1.29 is 24.5 Å². The van der Waals surface area contributed by atoms with Gasteiger partial charge in [-0.15, -0.1) is 0 Å². The predicted octanol–water partition coefficient (Wildman–Crippen LogP) is 7.94. The van der Waals surface area contributed by atoms with Crippen LogP contribution in [0.4, 0.5) is 0 Å². The minimum absolute atomic E-state index is 0.164. The Morgan fingerprint density at radius 2 is 1.29 bits per heavy atom. The highest BCUT2D eigenvalue weighted by Crippen LogP contribution is 2.26. The van der Waals surface area contributed by atoms with E-state index in [9.17, 15) is 14.7 Å². The molecule has 0 unspecified atom stereocenters. The van der Waals surface area contributed by atoms with Crippen molar-refractivity contribution in [1.29, 1.82) is 0 Å². The summed E-state index contributed by atoms with van der Waals surface area (Å²) in [7, 11) is 0. The van der Waals surface area contributed by atoms with Gasteiger partial charge in [0.05, 0.1) is 12.0 Å². The third-order valence-corrected chi connectivity index (χ3v) is 5.97. The molecule has 2 rings (SSSR count). The minimum Gasteiger partial charge on any atom is -0.507 e. The Bertz CT molecular complexity index is 847. The van der Waals surface area contributed by atoms with Gasteiger partial charge >= 0.3 is 5.97 Å². The number of hydrogen-bond acceptors (Lipinski definition) is 5. The second-order valence-corrected chi connectivity index (χ2v) is 8.91. The molecule has 186 valence electrons. The molecule has 2 aromatic carbocycles. The Morgan fingerprint density at radius 3 is 1.85 bits per heavy atom. The number of aromatic hydroxyl groups is 1. The maximum absolute atomic E-state index is 12.5. The molecule has 1 N–H and O–H groups in total. The predicted molar refractivity (Wildman–Crippen MR) is 135 cm³/mol. The maximum atomic E-state index is 12.5.